The third-order valence-electron chi connectivity index (χ3n) is 11.9. The van der Waals surface area contributed by atoms with Crippen molar-refractivity contribution in [3.8, 4) is 17.2 Å². The summed E-state index contributed by atoms with van der Waals surface area (Å²) in [6.07, 6.45) is 0.769. The minimum atomic E-state index is -4.06. The summed E-state index contributed by atoms with van der Waals surface area (Å²) >= 11 is 0. The molecule has 0 radical (unpaired) electrons. The molecule has 0 aliphatic carbocycles. The standard InChI is InChI=1S/C48H49N3O10S2/c1-59-45-24-15-33(29-46(45)60-2)25-28-49(47(53)42-13-7-26-50(42)62(55,56)40-22-18-34-9-3-5-11-37(34)30-40)32-44(52)36-16-20-39(21-17-36)61-48(54)43-14-8-27-51(43)63(57,58)41-23-19-35-10-4-6-12-38(35)31-41/h3-6,9-12,15-24,29-31,42-44,52H,7-8,13-14,25-28,32H2,1-2H3/t42-,43-,44?/m0/s1. The van der Waals surface area contributed by atoms with Crippen molar-refractivity contribution in [1.82, 2.24) is 13.5 Å². The number of rotatable bonds is 15. The van der Waals surface area contributed by atoms with Gasteiger partial charge in [0.1, 0.15) is 17.8 Å². The van der Waals surface area contributed by atoms with Gasteiger partial charge in [0.05, 0.1) is 36.7 Å². The summed E-state index contributed by atoms with van der Waals surface area (Å²) in [5, 5.41) is 15.0. The molecular weight excluding hydrogens is 843 g/mol. The Morgan fingerprint density at radius 2 is 1.21 bits per heavy atom. The van der Waals surface area contributed by atoms with Crippen molar-refractivity contribution in [3.05, 3.63) is 139 Å². The number of hydrogen-bond acceptors (Lipinski definition) is 10. The van der Waals surface area contributed by atoms with E-state index in [0.29, 0.717) is 49.2 Å². The molecule has 8 rings (SSSR count). The Hall–Kier alpha value is -5.84. The van der Waals surface area contributed by atoms with E-state index in [-0.39, 0.29) is 41.7 Å². The first-order valence-electron chi connectivity index (χ1n) is 20.9. The second-order valence-corrected chi connectivity index (χ2v) is 19.6. The van der Waals surface area contributed by atoms with Crippen LogP contribution >= 0.6 is 0 Å². The lowest BCUT2D eigenvalue weighted by Crippen LogP contribution is -2.49. The fraction of sp³-hybridized carbons (Fsp3) is 0.292. The van der Waals surface area contributed by atoms with Crippen LogP contribution in [-0.2, 0) is 36.1 Å². The molecule has 0 saturated carbocycles. The quantitative estimate of drug-likeness (QED) is 0.0866. The molecule has 2 aliphatic rings. The van der Waals surface area contributed by atoms with E-state index in [4.69, 9.17) is 14.2 Å². The van der Waals surface area contributed by atoms with Gasteiger partial charge in [-0.05, 0) is 113 Å². The van der Waals surface area contributed by atoms with E-state index >= 15 is 0 Å². The van der Waals surface area contributed by atoms with Gasteiger partial charge in [-0.1, -0.05) is 78.9 Å². The number of hydrogen-bond donors (Lipinski definition) is 1. The summed E-state index contributed by atoms with van der Waals surface area (Å²) in [6.45, 7) is 0.345. The average molecular weight is 892 g/mol. The van der Waals surface area contributed by atoms with Gasteiger partial charge in [-0.25, -0.2) is 21.6 Å². The molecule has 15 heteroatoms. The van der Waals surface area contributed by atoms with E-state index in [1.54, 1.807) is 61.7 Å². The van der Waals surface area contributed by atoms with Gasteiger partial charge in [0.15, 0.2) is 11.5 Å². The van der Waals surface area contributed by atoms with Crippen LogP contribution in [0.4, 0.5) is 0 Å². The molecule has 3 atom stereocenters. The van der Waals surface area contributed by atoms with Gasteiger partial charge in [-0.15, -0.1) is 0 Å². The molecule has 2 fully saturated rings. The number of aliphatic hydroxyl groups excluding tert-OH is 1. The number of methoxy groups -OCH3 is 2. The number of aliphatic hydroxyl groups is 1. The van der Waals surface area contributed by atoms with Crippen molar-refractivity contribution in [2.45, 2.75) is 60.1 Å². The number of fused-ring (bicyclic) bond motifs is 2. The van der Waals surface area contributed by atoms with Crippen LogP contribution in [0.25, 0.3) is 21.5 Å². The topological polar surface area (TPSA) is 160 Å². The summed E-state index contributed by atoms with van der Waals surface area (Å²) in [6, 6.07) is 34.4. The van der Waals surface area contributed by atoms with Crippen LogP contribution in [0.2, 0.25) is 0 Å². The zero-order chi connectivity index (χ0) is 44.3. The highest BCUT2D eigenvalue weighted by Gasteiger charge is 2.42. The normalized spacial score (nSPS) is 17.8. The Bertz CT molecular complexity index is 2870. The lowest BCUT2D eigenvalue weighted by atomic mass is 10.1. The number of nitrogens with zero attached hydrogens (tertiary/aromatic N) is 3. The molecule has 6 aromatic rings. The molecule has 2 aliphatic heterocycles. The van der Waals surface area contributed by atoms with Crippen LogP contribution in [0.5, 0.6) is 17.2 Å². The highest BCUT2D eigenvalue weighted by Crippen LogP contribution is 2.33. The summed E-state index contributed by atoms with van der Waals surface area (Å²) < 4.78 is 74.9. The van der Waals surface area contributed by atoms with Crippen LogP contribution in [0.1, 0.15) is 42.9 Å². The predicted molar refractivity (Wildman–Crippen MR) is 239 cm³/mol. The Labute approximate surface area is 367 Å². The van der Waals surface area contributed by atoms with Gasteiger partial charge in [-0.2, -0.15) is 8.61 Å². The number of ether oxygens (including phenoxy) is 3. The van der Waals surface area contributed by atoms with Crippen molar-refractivity contribution >= 4 is 53.5 Å². The number of carbonyl (C=O) groups is 2. The minimum Gasteiger partial charge on any atom is -0.493 e. The van der Waals surface area contributed by atoms with E-state index in [9.17, 15) is 31.5 Å². The maximum absolute atomic E-state index is 14.6. The van der Waals surface area contributed by atoms with Crippen molar-refractivity contribution in [2.24, 2.45) is 0 Å². The van der Waals surface area contributed by atoms with Gasteiger partial charge in [0.25, 0.3) is 0 Å². The second-order valence-electron chi connectivity index (χ2n) is 15.8. The molecular formula is C48H49N3O10S2. The molecule has 0 spiro atoms. The van der Waals surface area contributed by atoms with Crippen molar-refractivity contribution in [3.63, 3.8) is 0 Å². The minimum absolute atomic E-state index is 0.0997. The third kappa shape index (κ3) is 9.15. The molecule has 13 nitrogen and oxygen atoms in total. The van der Waals surface area contributed by atoms with Gasteiger partial charge in [0, 0.05) is 19.6 Å². The number of esters is 1. The van der Waals surface area contributed by atoms with E-state index in [1.807, 2.05) is 60.7 Å². The second kappa shape index (κ2) is 18.5. The van der Waals surface area contributed by atoms with Crippen molar-refractivity contribution in [1.29, 1.82) is 0 Å². The Balaban J connectivity index is 0.983. The first-order valence-corrected chi connectivity index (χ1v) is 23.8. The number of benzene rings is 6. The fourth-order valence-corrected chi connectivity index (χ4v) is 11.9. The van der Waals surface area contributed by atoms with E-state index < -0.39 is 50.1 Å². The van der Waals surface area contributed by atoms with Gasteiger partial charge < -0.3 is 24.2 Å². The fourth-order valence-electron chi connectivity index (χ4n) is 8.52. The zero-order valence-electron chi connectivity index (χ0n) is 35.0. The smallest absolute Gasteiger partial charge is 0.329 e. The monoisotopic (exact) mass is 891 g/mol. The largest absolute Gasteiger partial charge is 0.493 e. The first kappa shape index (κ1) is 43.8. The zero-order valence-corrected chi connectivity index (χ0v) is 36.6. The highest BCUT2D eigenvalue weighted by atomic mass is 32.2. The van der Waals surface area contributed by atoms with Crippen LogP contribution < -0.4 is 14.2 Å². The molecule has 328 valence electrons. The molecule has 63 heavy (non-hydrogen) atoms. The molecule has 2 saturated heterocycles. The molecule has 1 amide bonds. The van der Waals surface area contributed by atoms with Gasteiger partial charge >= 0.3 is 5.97 Å². The summed E-state index contributed by atoms with van der Waals surface area (Å²) in [5.41, 5.74) is 1.26. The Kier molecular flexibility index (Phi) is 12.8. The molecule has 0 aromatic heterocycles. The molecule has 2 heterocycles. The van der Waals surface area contributed by atoms with E-state index in [2.05, 4.69) is 0 Å². The average Bonchev–Trinajstić information content (AvgIpc) is 4.02. The van der Waals surface area contributed by atoms with Gasteiger partial charge in [0.2, 0.25) is 26.0 Å². The van der Waals surface area contributed by atoms with Crippen molar-refractivity contribution < 1.29 is 45.7 Å². The summed E-state index contributed by atoms with van der Waals surface area (Å²) in [5.74, 6) is 0.0847. The molecule has 6 aromatic carbocycles. The molecule has 1 N–H and O–H groups in total. The molecule has 1 unspecified atom stereocenters. The highest BCUT2D eigenvalue weighted by molar-refractivity contribution is 7.89. The van der Waals surface area contributed by atoms with Crippen LogP contribution in [-0.4, -0.2) is 99.8 Å². The number of amides is 1. The van der Waals surface area contributed by atoms with E-state index in [1.165, 1.54) is 32.8 Å². The summed E-state index contributed by atoms with van der Waals surface area (Å²) in [4.78, 5) is 29.8. The summed E-state index contributed by atoms with van der Waals surface area (Å²) in [7, 11) is -4.99. The van der Waals surface area contributed by atoms with Gasteiger partial charge in [-0.3, -0.25) is 4.79 Å². The van der Waals surface area contributed by atoms with Crippen LogP contribution in [0, 0.1) is 0 Å². The SMILES string of the molecule is COc1ccc(CCN(CC(O)c2ccc(OC(=O)[C@@H]3CCCN3S(=O)(=O)c3ccc4ccccc4c3)cc2)C(=O)[C@@H]2CCCN2S(=O)(=O)c2ccc3ccccc3c2)cc1OC. The third-order valence-corrected chi connectivity index (χ3v) is 15.7. The lowest BCUT2D eigenvalue weighted by Gasteiger charge is -2.31. The van der Waals surface area contributed by atoms with Crippen LogP contribution in [0.3, 0.4) is 0 Å². The maximum atomic E-state index is 14.6. The Morgan fingerprint density at radius 3 is 1.78 bits per heavy atom. The molecule has 0 bridgehead atoms. The van der Waals surface area contributed by atoms with Crippen LogP contribution in [0.15, 0.2) is 137 Å². The predicted octanol–water partition coefficient (Wildman–Crippen LogP) is 6.73. The maximum Gasteiger partial charge on any atom is 0.329 e. The lowest BCUT2D eigenvalue weighted by molar-refractivity contribution is -0.138. The number of carbonyl (C=O) groups excluding carboxylic acids is 2. The van der Waals surface area contributed by atoms with Crippen molar-refractivity contribution in [2.75, 3.05) is 40.4 Å². The number of sulfonamides is 2. The first-order chi connectivity index (χ1) is 30.4. The van der Waals surface area contributed by atoms with E-state index in [0.717, 1.165) is 27.1 Å². The Morgan fingerprint density at radius 1 is 0.667 bits per heavy atom.